The van der Waals surface area contributed by atoms with Crippen LogP contribution in [0.3, 0.4) is 0 Å². The summed E-state index contributed by atoms with van der Waals surface area (Å²) in [5.74, 6) is 1.33. The van der Waals surface area contributed by atoms with Crippen molar-refractivity contribution in [1.29, 1.82) is 0 Å². The van der Waals surface area contributed by atoms with Gasteiger partial charge in [-0.2, -0.15) is 0 Å². The molecule has 31 heavy (non-hydrogen) atoms. The van der Waals surface area contributed by atoms with Crippen LogP contribution in [0, 0.1) is 0 Å². The second-order valence-corrected chi connectivity index (χ2v) is 8.66. The third-order valence-electron chi connectivity index (χ3n) is 6.63. The molecule has 6 rings (SSSR count). The Bertz CT molecular complexity index is 1230. The minimum Gasteiger partial charge on any atom is -0.454 e. The normalized spacial score (nSPS) is 22.3. The number of carbonyl (C=O) groups is 2. The Morgan fingerprint density at radius 3 is 2.71 bits per heavy atom. The first-order chi connectivity index (χ1) is 15.0. The van der Waals surface area contributed by atoms with Crippen molar-refractivity contribution >= 4 is 22.7 Å². The van der Waals surface area contributed by atoms with Crippen LogP contribution in [-0.2, 0) is 16.0 Å². The molecule has 3 aliphatic rings. The fraction of sp³-hybridized carbons (Fsp3) is 0.333. The van der Waals surface area contributed by atoms with Gasteiger partial charge in [0.05, 0.1) is 6.04 Å². The van der Waals surface area contributed by atoms with E-state index in [4.69, 9.17) is 9.47 Å². The van der Waals surface area contributed by atoms with Gasteiger partial charge in [-0.25, -0.2) is 0 Å². The highest BCUT2D eigenvalue weighted by atomic mass is 16.7. The van der Waals surface area contributed by atoms with Gasteiger partial charge in [-0.1, -0.05) is 24.3 Å². The van der Waals surface area contributed by atoms with E-state index in [9.17, 15) is 9.59 Å². The van der Waals surface area contributed by atoms with Crippen LogP contribution in [0.1, 0.15) is 36.7 Å². The molecular formula is C24H23N3O4. The number of ether oxygens (including phenoxy) is 2. The van der Waals surface area contributed by atoms with E-state index in [0.717, 1.165) is 27.7 Å². The number of hydrogen-bond acceptors (Lipinski definition) is 4. The van der Waals surface area contributed by atoms with Crippen LogP contribution in [-0.4, -0.2) is 52.0 Å². The molecule has 158 valence electrons. The number of piperazine rings is 1. The smallest absolute Gasteiger partial charge is 0.246 e. The van der Waals surface area contributed by atoms with Crippen molar-refractivity contribution in [2.75, 3.05) is 13.3 Å². The lowest BCUT2D eigenvalue weighted by molar-refractivity contribution is -0.160. The second-order valence-electron chi connectivity index (χ2n) is 8.66. The summed E-state index contributed by atoms with van der Waals surface area (Å²) in [6, 6.07) is 12.9. The number of nitrogens with zero attached hydrogens (tertiary/aromatic N) is 2. The zero-order chi connectivity index (χ0) is 21.3. The summed E-state index contributed by atoms with van der Waals surface area (Å²) in [6.07, 6.45) is 0.508. The predicted molar refractivity (Wildman–Crippen MR) is 114 cm³/mol. The summed E-state index contributed by atoms with van der Waals surface area (Å²) in [6.45, 7) is 4.20. The van der Waals surface area contributed by atoms with Gasteiger partial charge in [0.15, 0.2) is 11.5 Å². The number of hydrogen-bond donors (Lipinski definition) is 1. The maximum Gasteiger partial charge on any atom is 0.246 e. The molecule has 1 fully saturated rings. The molecule has 0 spiro atoms. The number of carbonyl (C=O) groups excluding carboxylic acids is 2. The molecule has 4 heterocycles. The fourth-order valence-corrected chi connectivity index (χ4v) is 5.15. The molecule has 7 heteroatoms. The molecule has 0 bridgehead atoms. The molecule has 0 aliphatic carbocycles. The molecule has 3 aromatic rings. The van der Waals surface area contributed by atoms with Crippen molar-refractivity contribution < 1.29 is 19.1 Å². The molecule has 2 atom stereocenters. The molecule has 2 aromatic carbocycles. The molecule has 0 radical (unpaired) electrons. The van der Waals surface area contributed by atoms with Gasteiger partial charge in [-0.15, -0.1) is 0 Å². The van der Waals surface area contributed by atoms with E-state index in [1.807, 2.05) is 50.2 Å². The first kappa shape index (κ1) is 18.3. The summed E-state index contributed by atoms with van der Waals surface area (Å²) in [5, 5.41) is 1.10. The maximum absolute atomic E-state index is 13.5. The van der Waals surface area contributed by atoms with Crippen LogP contribution in [0.2, 0.25) is 0 Å². The van der Waals surface area contributed by atoms with E-state index < -0.39 is 6.04 Å². The second kappa shape index (κ2) is 6.51. The highest BCUT2D eigenvalue weighted by molar-refractivity contribution is 5.97. The van der Waals surface area contributed by atoms with E-state index in [0.29, 0.717) is 17.9 Å². The molecule has 1 N–H and O–H groups in total. The van der Waals surface area contributed by atoms with Crippen LogP contribution in [0.4, 0.5) is 0 Å². The average Bonchev–Trinajstić information content (AvgIpc) is 3.38. The van der Waals surface area contributed by atoms with Gasteiger partial charge in [-0.3, -0.25) is 9.59 Å². The number of rotatable bonds is 2. The Morgan fingerprint density at radius 2 is 1.87 bits per heavy atom. The lowest BCUT2D eigenvalue weighted by Crippen LogP contribution is -2.64. The molecule has 7 nitrogen and oxygen atoms in total. The molecule has 1 aromatic heterocycles. The Hall–Kier alpha value is -3.48. The monoisotopic (exact) mass is 417 g/mol. The number of para-hydroxylation sites is 1. The van der Waals surface area contributed by atoms with Crippen LogP contribution in [0.5, 0.6) is 11.5 Å². The van der Waals surface area contributed by atoms with E-state index in [1.165, 1.54) is 0 Å². The van der Waals surface area contributed by atoms with Crippen molar-refractivity contribution in [3.05, 3.63) is 59.3 Å². The fourth-order valence-electron chi connectivity index (χ4n) is 5.15. The third kappa shape index (κ3) is 2.59. The lowest BCUT2D eigenvalue weighted by Gasteiger charge is -2.48. The largest absolute Gasteiger partial charge is 0.454 e. The summed E-state index contributed by atoms with van der Waals surface area (Å²) < 4.78 is 11.1. The van der Waals surface area contributed by atoms with Crippen LogP contribution in [0.25, 0.3) is 10.9 Å². The summed E-state index contributed by atoms with van der Waals surface area (Å²) in [4.78, 5) is 33.9. The van der Waals surface area contributed by atoms with Crippen LogP contribution >= 0.6 is 0 Å². The van der Waals surface area contributed by atoms with Gasteiger partial charge in [0.2, 0.25) is 18.6 Å². The van der Waals surface area contributed by atoms with E-state index in [1.54, 1.807) is 9.80 Å². The first-order valence-electron chi connectivity index (χ1n) is 10.6. The molecule has 1 saturated heterocycles. The quantitative estimate of drug-likeness (QED) is 0.696. The maximum atomic E-state index is 13.5. The molecular weight excluding hydrogens is 394 g/mol. The first-order valence-corrected chi connectivity index (χ1v) is 10.6. The van der Waals surface area contributed by atoms with Gasteiger partial charge >= 0.3 is 0 Å². The van der Waals surface area contributed by atoms with Gasteiger partial charge in [0.25, 0.3) is 0 Å². The zero-order valence-corrected chi connectivity index (χ0v) is 17.4. The SMILES string of the molecule is CC(C)N1CC(=O)N2[C@@H](c3ccc4c(c3)OCO4)c3[nH]c4ccccc4c3C[C@@H]2C1=O. The van der Waals surface area contributed by atoms with Gasteiger partial charge in [-0.05, 0) is 43.2 Å². The van der Waals surface area contributed by atoms with Crippen LogP contribution in [0.15, 0.2) is 42.5 Å². The topological polar surface area (TPSA) is 74.9 Å². The number of amides is 2. The van der Waals surface area contributed by atoms with Crippen LogP contribution < -0.4 is 9.47 Å². The zero-order valence-electron chi connectivity index (χ0n) is 17.4. The van der Waals surface area contributed by atoms with E-state index >= 15 is 0 Å². The number of nitrogens with one attached hydrogen (secondary N) is 1. The summed E-state index contributed by atoms with van der Waals surface area (Å²) >= 11 is 0. The highest BCUT2D eigenvalue weighted by Crippen LogP contribution is 2.45. The summed E-state index contributed by atoms with van der Waals surface area (Å²) in [7, 11) is 0. The Kier molecular flexibility index (Phi) is 3.84. The average molecular weight is 417 g/mol. The van der Waals surface area contributed by atoms with Gasteiger partial charge in [0, 0.05) is 29.1 Å². The number of benzene rings is 2. The number of aromatic amines is 1. The highest BCUT2D eigenvalue weighted by Gasteiger charge is 2.48. The molecule has 3 aliphatic heterocycles. The Labute approximate surface area is 179 Å². The minimum absolute atomic E-state index is 0.0104. The number of aromatic nitrogens is 1. The van der Waals surface area contributed by atoms with Crippen molar-refractivity contribution in [2.24, 2.45) is 0 Å². The van der Waals surface area contributed by atoms with E-state index in [2.05, 4.69) is 11.1 Å². The van der Waals surface area contributed by atoms with Crippen molar-refractivity contribution in [3.8, 4) is 11.5 Å². The standard InChI is InChI=1S/C24H23N3O4/c1-13(2)26-11-21(28)27-18(24(26)29)10-16-15-5-3-4-6-17(15)25-22(16)23(27)14-7-8-19-20(9-14)31-12-30-19/h3-9,13,18,23,25H,10-12H2,1-2H3/t18-,23+/m1/s1. The molecule has 2 amide bonds. The van der Waals surface area contributed by atoms with Crippen molar-refractivity contribution in [3.63, 3.8) is 0 Å². The predicted octanol–water partition coefficient (Wildman–Crippen LogP) is 2.99. The van der Waals surface area contributed by atoms with Crippen molar-refractivity contribution in [1.82, 2.24) is 14.8 Å². The van der Waals surface area contributed by atoms with Crippen molar-refractivity contribution in [2.45, 2.75) is 38.4 Å². The summed E-state index contributed by atoms with van der Waals surface area (Å²) in [5.41, 5.74) is 3.99. The Morgan fingerprint density at radius 1 is 1.06 bits per heavy atom. The molecule has 0 saturated carbocycles. The number of fused-ring (bicyclic) bond motifs is 5. The lowest BCUT2D eigenvalue weighted by atomic mass is 9.86. The van der Waals surface area contributed by atoms with E-state index in [-0.39, 0.29) is 37.2 Å². The third-order valence-corrected chi connectivity index (χ3v) is 6.63. The molecule has 0 unspecified atom stereocenters. The van der Waals surface area contributed by atoms with Gasteiger partial charge in [0.1, 0.15) is 12.6 Å². The minimum atomic E-state index is -0.522. The Balaban J connectivity index is 1.56. The number of H-pyrrole nitrogens is 1. The van der Waals surface area contributed by atoms with Gasteiger partial charge < -0.3 is 24.3 Å².